The minimum atomic E-state index is -0.186. The van der Waals surface area contributed by atoms with Gasteiger partial charge in [0.2, 0.25) is 0 Å². The fraction of sp³-hybridized carbons (Fsp3) is 0.250. The third-order valence-corrected chi connectivity index (χ3v) is 3.41. The summed E-state index contributed by atoms with van der Waals surface area (Å²) in [5.74, 6) is 6.52. The van der Waals surface area contributed by atoms with Crippen LogP contribution in [-0.4, -0.2) is 6.10 Å². The molecule has 112 valence electrons. The molecule has 2 rings (SSSR count). The molecule has 0 aliphatic heterocycles. The summed E-state index contributed by atoms with van der Waals surface area (Å²) in [6, 6.07) is 13.0. The second-order valence-electron chi connectivity index (χ2n) is 5.04. The van der Waals surface area contributed by atoms with Crippen molar-refractivity contribution in [2.45, 2.75) is 26.0 Å². The zero-order valence-corrected chi connectivity index (χ0v) is 13.4. The first-order valence-corrected chi connectivity index (χ1v) is 7.44. The van der Waals surface area contributed by atoms with Crippen molar-refractivity contribution in [2.24, 2.45) is 5.84 Å². The third kappa shape index (κ3) is 4.35. The number of halogens is 2. The maximum Gasteiger partial charge on any atom is 0.119 e. The average molecular weight is 325 g/mol. The first-order valence-electron chi connectivity index (χ1n) is 6.68. The van der Waals surface area contributed by atoms with Crippen LogP contribution < -0.4 is 16.0 Å². The Morgan fingerprint density at radius 3 is 2.00 bits per heavy atom. The van der Waals surface area contributed by atoms with Crippen molar-refractivity contribution >= 4 is 23.2 Å². The third-order valence-electron chi connectivity index (χ3n) is 2.97. The van der Waals surface area contributed by atoms with E-state index in [4.69, 9.17) is 33.8 Å². The number of nitrogens with two attached hydrogens (primary N) is 1. The lowest BCUT2D eigenvalue weighted by Crippen LogP contribution is -2.28. The molecule has 1 atom stereocenters. The maximum absolute atomic E-state index is 6.05. The van der Waals surface area contributed by atoms with Gasteiger partial charge in [0.15, 0.2) is 0 Å². The SMILES string of the molecule is CC(C)Oc1ccc(C(NN)c2cc(Cl)cc(Cl)c2)cc1. The maximum atomic E-state index is 6.05. The molecule has 0 saturated carbocycles. The van der Waals surface area contributed by atoms with Gasteiger partial charge in [-0.2, -0.15) is 0 Å². The van der Waals surface area contributed by atoms with E-state index in [2.05, 4.69) is 5.43 Å². The molecule has 0 amide bonds. The summed E-state index contributed by atoms with van der Waals surface area (Å²) in [5, 5.41) is 1.16. The normalized spacial score (nSPS) is 12.5. The molecule has 3 nitrogen and oxygen atoms in total. The highest BCUT2D eigenvalue weighted by atomic mass is 35.5. The van der Waals surface area contributed by atoms with Gasteiger partial charge in [0, 0.05) is 10.0 Å². The zero-order valence-electron chi connectivity index (χ0n) is 11.9. The molecular weight excluding hydrogens is 307 g/mol. The monoisotopic (exact) mass is 324 g/mol. The van der Waals surface area contributed by atoms with Crippen LogP contribution in [0.1, 0.15) is 31.0 Å². The minimum absolute atomic E-state index is 0.144. The molecule has 0 radical (unpaired) electrons. The van der Waals surface area contributed by atoms with Crippen LogP contribution in [0, 0.1) is 0 Å². The van der Waals surface area contributed by atoms with Crippen LogP contribution in [0.25, 0.3) is 0 Å². The molecule has 5 heteroatoms. The zero-order chi connectivity index (χ0) is 15.4. The molecule has 0 fully saturated rings. The number of hydrazine groups is 1. The second-order valence-corrected chi connectivity index (χ2v) is 5.91. The summed E-state index contributed by atoms with van der Waals surface area (Å²) >= 11 is 12.1. The van der Waals surface area contributed by atoms with E-state index in [0.717, 1.165) is 16.9 Å². The highest BCUT2D eigenvalue weighted by molar-refractivity contribution is 6.34. The molecule has 3 N–H and O–H groups in total. The second kappa shape index (κ2) is 7.14. The summed E-state index contributed by atoms with van der Waals surface area (Å²) in [6.07, 6.45) is 0.144. The number of hydrogen-bond acceptors (Lipinski definition) is 3. The summed E-state index contributed by atoms with van der Waals surface area (Å²) < 4.78 is 5.63. The summed E-state index contributed by atoms with van der Waals surface area (Å²) in [5.41, 5.74) is 4.71. The van der Waals surface area contributed by atoms with E-state index >= 15 is 0 Å². The Hall–Kier alpha value is -1.26. The number of ether oxygens (including phenoxy) is 1. The molecule has 0 aliphatic rings. The van der Waals surface area contributed by atoms with Crippen LogP contribution in [0.2, 0.25) is 10.0 Å². The largest absolute Gasteiger partial charge is 0.491 e. The van der Waals surface area contributed by atoms with Crippen LogP contribution in [0.5, 0.6) is 5.75 Å². The first kappa shape index (κ1) is 16.1. The van der Waals surface area contributed by atoms with Gasteiger partial charge in [0.25, 0.3) is 0 Å². The van der Waals surface area contributed by atoms with Gasteiger partial charge in [-0.1, -0.05) is 35.3 Å². The smallest absolute Gasteiger partial charge is 0.119 e. The molecule has 1 unspecified atom stereocenters. The highest BCUT2D eigenvalue weighted by Crippen LogP contribution is 2.28. The van der Waals surface area contributed by atoms with Gasteiger partial charge in [0.05, 0.1) is 12.1 Å². The van der Waals surface area contributed by atoms with Crippen LogP contribution in [0.4, 0.5) is 0 Å². The Bertz CT molecular complexity index is 579. The predicted octanol–water partition coefficient (Wildman–Crippen LogP) is 4.33. The van der Waals surface area contributed by atoms with E-state index in [1.165, 1.54) is 0 Å². The quantitative estimate of drug-likeness (QED) is 0.635. The van der Waals surface area contributed by atoms with Crippen LogP contribution >= 0.6 is 23.2 Å². The number of nitrogens with one attached hydrogen (secondary N) is 1. The number of rotatable bonds is 5. The van der Waals surface area contributed by atoms with Gasteiger partial charge in [-0.25, -0.2) is 5.43 Å². The Balaban J connectivity index is 2.28. The minimum Gasteiger partial charge on any atom is -0.491 e. The van der Waals surface area contributed by atoms with Crippen LogP contribution in [0.15, 0.2) is 42.5 Å². The molecule has 0 saturated heterocycles. The van der Waals surface area contributed by atoms with E-state index in [1.54, 1.807) is 6.07 Å². The Kier molecular flexibility index (Phi) is 5.48. The Labute approximate surface area is 135 Å². The molecule has 0 spiro atoms. The van der Waals surface area contributed by atoms with Crippen molar-refractivity contribution in [3.8, 4) is 5.75 Å². The standard InChI is InChI=1S/C16H18Cl2N2O/c1-10(2)21-15-5-3-11(4-6-15)16(20-19)12-7-13(17)9-14(18)8-12/h3-10,16,20H,19H2,1-2H3. The topological polar surface area (TPSA) is 47.3 Å². The Morgan fingerprint density at radius 1 is 0.952 bits per heavy atom. The van der Waals surface area contributed by atoms with Gasteiger partial charge in [-0.3, -0.25) is 5.84 Å². The van der Waals surface area contributed by atoms with Crippen molar-refractivity contribution in [1.29, 1.82) is 0 Å². The molecule has 21 heavy (non-hydrogen) atoms. The van der Waals surface area contributed by atoms with Gasteiger partial charge in [0.1, 0.15) is 5.75 Å². The first-order chi connectivity index (χ1) is 9.99. The van der Waals surface area contributed by atoms with Crippen molar-refractivity contribution in [3.63, 3.8) is 0 Å². The van der Waals surface area contributed by atoms with E-state index in [1.807, 2.05) is 50.2 Å². The molecule has 2 aromatic carbocycles. The molecule has 0 bridgehead atoms. The molecule has 0 aliphatic carbocycles. The van der Waals surface area contributed by atoms with Gasteiger partial charge in [-0.05, 0) is 55.3 Å². The van der Waals surface area contributed by atoms with Crippen molar-refractivity contribution in [3.05, 3.63) is 63.6 Å². The highest BCUT2D eigenvalue weighted by Gasteiger charge is 2.14. The van der Waals surface area contributed by atoms with Crippen LogP contribution in [0.3, 0.4) is 0 Å². The number of benzene rings is 2. The fourth-order valence-corrected chi connectivity index (χ4v) is 2.68. The summed E-state index contributed by atoms with van der Waals surface area (Å²) in [6.45, 7) is 3.98. The average Bonchev–Trinajstić information content (AvgIpc) is 2.40. The van der Waals surface area contributed by atoms with E-state index in [0.29, 0.717) is 10.0 Å². The van der Waals surface area contributed by atoms with E-state index in [-0.39, 0.29) is 12.1 Å². The molecule has 0 heterocycles. The summed E-state index contributed by atoms with van der Waals surface area (Å²) in [4.78, 5) is 0. The lowest BCUT2D eigenvalue weighted by Gasteiger charge is -2.18. The van der Waals surface area contributed by atoms with Crippen molar-refractivity contribution in [1.82, 2.24) is 5.43 Å². The van der Waals surface area contributed by atoms with Crippen molar-refractivity contribution in [2.75, 3.05) is 0 Å². The van der Waals surface area contributed by atoms with E-state index < -0.39 is 0 Å². The van der Waals surface area contributed by atoms with Gasteiger partial charge >= 0.3 is 0 Å². The van der Waals surface area contributed by atoms with Crippen LogP contribution in [-0.2, 0) is 0 Å². The molecule has 2 aromatic rings. The van der Waals surface area contributed by atoms with Crippen molar-refractivity contribution < 1.29 is 4.74 Å². The van der Waals surface area contributed by atoms with E-state index in [9.17, 15) is 0 Å². The fourth-order valence-electron chi connectivity index (χ4n) is 2.14. The summed E-state index contributed by atoms with van der Waals surface area (Å²) in [7, 11) is 0. The number of hydrogen-bond donors (Lipinski definition) is 2. The molecular formula is C16H18Cl2N2O. The van der Waals surface area contributed by atoms with Gasteiger partial charge in [-0.15, -0.1) is 0 Å². The predicted molar refractivity (Wildman–Crippen MR) is 87.8 cm³/mol. The lowest BCUT2D eigenvalue weighted by atomic mass is 9.99. The molecule has 0 aromatic heterocycles. The Morgan fingerprint density at radius 2 is 1.52 bits per heavy atom. The lowest BCUT2D eigenvalue weighted by molar-refractivity contribution is 0.242. The van der Waals surface area contributed by atoms with Gasteiger partial charge < -0.3 is 4.74 Å².